The summed E-state index contributed by atoms with van der Waals surface area (Å²) in [4.78, 5) is 18.8. The van der Waals surface area contributed by atoms with Crippen molar-refractivity contribution in [3.05, 3.63) is 65.9 Å². The van der Waals surface area contributed by atoms with E-state index in [4.69, 9.17) is 0 Å². The molecule has 5 heteroatoms. The van der Waals surface area contributed by atoms with Crippen LogP contribution in [0.1, 0.15) is 36.8 Å². The molecule has 0 unspecified atom stereocenters. The molecular formula is C27H28F2N2O. The lowest BCUT2D eigenvalue weighted by Gasteiger charge is -2.39. The number of pyridine rings is 1. The highest BCUT2D eigenvalue weighted by Crippen LogP contribution is 2.43. The van der Waals surface area contributed by atoms with E-state index in [1.807, 2.05) is 24.4 Å². The topological polar surface area (TPSA) is 33.2 Å². The molecule has 3 aromatic rings. The van der Waals surface area contributed by atoms with Crippen molar-refractivity contribution in [2.45, 2.75) is 45.0 Å². The van der Waals surface area contributed by atoms with Gasteiger partial charge in [0, 0.05) is 49.0 Å². The summed E-state index contributed by atoms with van der Waals surface area (Å²) in [6.07, 6.45) is 4.26. The molecule has 32 heavy (non-hydrogen) atoms. The van der Waals surface area contributed by atoms with E-state index >= 15 is 0 Å². The van der Waals surface area contributed by atoms with Gasteiger partial charge in [-0.1, -0.05) is 42.5 Å². The number of aromatic nitrogens is 1. The lowest BCUT2D eigenvalue weighted by Crippen LogP contribution is -2.49. The molecule has 1 saturated carbocycles. The summed E-state index contributed by atoms with van der Waals surface area (Å²) < 4.78 is 26.1. The number of amides is 1. The van der Waals surface area contributed by atoms with Gasteiger partial charge in [-0.2, -0.15) is 0 Å². The highest BCUT2D eigenvalue weighted by Gasteiger charge is 2.49. The van der Waals surface area contributed by atoms with Gasteiger partial charge in [0.05, 0.1) is 5.52 Å². The predicted octanol–water partition coefficient (Wildman–Crippen LogP) is 6.04. The molecule has 1 aliphatic heterocycles. The first kappa shape index (κ1) is 21.0. The molecule has 1 saturated heterocycles. The van der Waals surface area contributed by atoms with Crippen molar-refractivity contribution in [1.29, 1.82) is 0 Å². The molecular weight excluding hydrogens is 406 g/mol. The van der Waals surface area contributed by atoms with Gasteiger partial charge < -0.3 is 4.90 Å². The van der Waals surface area contributed by atoms with Gasteiger partial charge >= 0.3 is 0 Å². The van der Waals surface area contributed by atoms with Crippen molar-refractivity contribution in [3.8, 4) is 11.1 Å². The molecule has 2 heterocycles. The average Bonchev–Trinajstić information content (AvgIpc) is 2.79. The van der Waals surface area contributed by atoms with Gasteiger partial charge in [0.25, 0.3) is 0 Å². The molecule has 1 aromatic heterocycles. The number of para-hydroxylation sites is 1. The second kappa shape index (κ2) is 8.27. The smallest absolute Gasteiger partial charge is 0.249 e. The summed E-state index contributed by atoms with van der Waals surface area (Å²) in [6, 6.07) is 16.9. The summed E-state index contributed by atoms with van der Waals surface area (Å²) in [5, 5.41) is 1.18. The molecule has 0 N–H and O–H groups in total. The van der Waals surface area contributed by atoms with Crippen LogP contribution < -0.4 is 0 Å². The number of likely N-dealkylation sites (tertiary alicyclic amines) is 1. The van der Waals surface area contributed by atoms with Crippen LogP contribution in [0.4, 0.5) is 8.78 Å². The van der Waals surface area contributed by atoms with Crippen LogP contribution in [-0.4, -0.2) is 34.8 Å². The number of halogens is 2. The zero-order valence-corrected chi connectivity index (χ0v) is 18.4. The van der Waals surface area contributed by atoms with E-state index in [0.29, 0.717) is 19.0 Å². The van der Waals surface area contributed by atoms with Gasteiger partial charge in [-0.15, -0.1) is 0 Å². The first-order valence-electron chi connectivity index (χ1n) is 11.5. The Labute approximate surface area is 187 Å². The van der Waals surface area contributed by atoms with E-state index in [0.717, 1.165) is 30.3 Å². The van der Waals surface area contributed by atoms with E-state index in [9.17, 15) is 13.6 Å². The number of hydrogen-bond donors (Lipinski definition) is 0. The molecule has 166 valence electrons. The minimum absolute atomic E-state index is 0.0712. The van der Waals surface area contributed by atoms with Gasteiger partial charge in [-0.25, -0.2) is 8.78 Å². The van der Waals surface area contributed by atoms with E-state index in [-0.39, 0.29) is 18.7 Å². The molecule has 2 fully saturated rings. The maximum Gasteiger partial charge on any atom is 0.249 e. The fourth-order valence-corrected chi connectivity index (χ4v) is 5.18. The Balaban J connectivity index is 1.19. The molecule has 0 radical (unpaired) electrons. The third-order valence-corrected chi connectivity index (χ3v) is 7.20. The molecule has 0 spiro atoms. The maximum absolute atomic E-state index is 13.1. The summed E-state index contributed by atoms with van der Waals surface area (Å²) in [5.41, 5.74) is 5.88. The number of nitrogens with zero attached hydrogens (tertiary/aromatic N) is 2. The van der Waals surface area contributed by atoms with E-state index in [1.54, 1.807) is 4.90 Å². The van der Waals surface area contributed by atoms with Gasteiger partial charge in [0.2, 0.25) is 11.8 Å². The van der Waals surface area contributed by atoms with Crippen molar-refractivity contribution in [2.75, 3.05) is 13.1 Å². The molecule has 5 rings (SSSR count). The molecule has 1 aliphatic carbocycles. The largest absolute Gasteiger partial charge is 0.342 e. The normalized spacial score (nSPS) is 19.2. The number of carbonyl (C=O) groups is 1. The van der Waals surface area contributed by atoms with Crippen LogP contribution in [0.15, 0.2) is 54.7 Å². The van der Waals surface area contributed by atoms with Crippen molar-refractivity contribution in [1.82, 2.24) is 9.88 Å². The number of aryl methyl sites for hydroxylation is 1. The van der Waals surface area contributed by atoms with Crippen LogP contribution in [0.2, 0.25) is 0 Å². The monoisotopic (exact) mass is 434 g/mol. The van der Waals surface area contributed by atoms with Crippen LogP contribution in [0.25, 0.3) is 22.0 Å². The number of fused-ring (bicyclic) bond motifs is 1. The number of hydrogen-bond acceptors (Lipinski definition) is 2. The van der Waals surface area contributed by atoms with Crippen molar-refractivity contribution in [3.63, 3.8) is 0 Å². The van der Waals surface area contributed by atoms with Crippen LogP contribution in [0.5, 0.6) is 0 Å². The molecule has 3 nitrogen and oxygen atoms in total. The molecule has 2 aromatic carbocycles. The first-order chi connectivity index (χ1) is 15.4. The molecule has 0 bridgehead atoms. The molecule has 2 aliphatic rings. The van der Waals surface area contributed by atoms with Crippen LogP contribution in [0, 0.1) is 18.8 Å². The van der Waals surface area contributed by atoms with E-state index < -0.39 is 11.8 Å². The minimum atomic E-state index is -2.63. The zero-order valence-electron chi connectivity index (χ0n) is 18.4. The summed E-state index contributed by atoms with van der Waals surface area (Å²) in [5.74, 6) is -2.65. The quantitative estimate of drug-likeness (QED) is 0.502. The second-order valence-electron chi connectivity index (χ2n) is 9.44. The van der Waals surface area contributed by atoms with Gasteiger partial charge in [-0.3, -0.25) is 9.78 Å². The first-order valence-corrected chi connectivity index (χ1v) is 11.5. The Bertz CT molecular complexity index is 1130. The third-order valence-electron chi connectivity index (χ3n) is 7.20. The average molecular weight is 435 g/mol. The highest BCUT2D eigenvalue weighted by molar-refractivity contribution is 5.88. The van der Waals surface area contributed by atoms with Crippen LogP contribution >= 0.6 is 0 Å². The number of piperidine rings is 1. The minimum Gasteiger partial charge on any atom is -0.342 e. The van der Waals surface area contributed by atoms with Crippen LogP contribution in [-0.2, 0) is 11.2 Å². The third kappa shape index (κ3) is 4.13. The van der Waals surface area contributed by atoms with Crippen molar-refractivity contribution < 1.29 is 13.6 Å². The summed E-state index contributed by atoms with van der Waals surface area (Å²) in [6.45, 7) is 3.52. The van der Waals surface area contributed by atoms with Crippen LogP contribution in [0.3, 0.4) is 0 Å². The second-order valence-corrected chi connectivity index (χ2v) is 9.44. The zero-order chi connectivity index (χ0) is 22.3. The summed E-state index contributed by atoms with van der Waals surface area (Å²) >= 11 is 0. The van der Waals surface area contributed by atoms with Crippen molar-refractivity contribution in [2.24, 2.45) is 11.8 Å². The number of benzene rings is 2. The Hall–Kier alpha value is -2.82. The van der Waals surface area contributed by atoms with Crippen molar-refractivity contribution >= 4 is 16.8 Å². The Morgan fingerprint density at radius 1 is 1.06 bits per heavy atom. The number of carbonyl (C=O) groups excluding carboxylic acids is 1. The molecule has 1 amide bonds. The van der Waals surface area contributed by atoms with E-state index in [1.165, 1.54) is 22.1 Å². The summed E-state index contributed by atoms with van der Waals surface area (Å²) in [7, 11) is 0. The Kier molecular flexibility index (Phi) is 5.44. The Morgan fingerprint density at radius 3 is 2.44 bits per heavy atom. The lowest BCUT2D eigenvalue weighted by molar-refractivity contribution is -0.161. The fourth-order valence-electron chi connectivity index (χ4n) is 5.18. The fraction of sp³-hybridized carbons (Fsp3) is 0.407. The standard InChI is InChI=1S/C27H28F2N2O/c1-18-23-4-2-3-5-25(23)30-17-24(18)21-8-6-19(7-9-21)14-20-10-12-31(13-11-20)26(32)22-15-27(28,29)16-22/h2-9,17,20,22H,10-16H2,1H3. The predicted molar refractivity (Wildman–Crippen MR) is 123 cm³/mol. The van der Waals surface area contributed by atoms with E-state index in [2.05, 4.69) is 42.2 Å². The Morgan fingerprint density at radius 2 is 1.75 bits per heavy atom. The number of alkyl halides is 2. The highest BCUT2D eigenvalue weighted by atomic mass is 19.3. The van der Waals surface area contributed by atoms with Gasteiger partial charge in [-0.05, 0) is 54.9 Å². The molecule has 0 atom stereocenters. The number of rotatable bonds is 4. The maximum atomic E-state index is 13.1. The lowest BCUT2D eigenvalue weighted by atomic mass is 9.79. The van der Waals surface area contributed by atoms with Gasteiger partial charge in [0.1, 0.15) is 0 Å². The van der Waals surface area contributed by atoms with Gasteiger partial charge in [0.15, 0.2) is 0 Å². The SMILES string of the molecule is Cc1c(-c2ccc(CC3CCN(C(=O)C4CC(F)(F)C4)CC3)cc2)cnc2ccccc12.